The summed E-state index contributed by atoms with van der Waals surface area (Å²) in [6, 6.07) is 6.96. The molecule has 0 aliphatic carbocycles. The standard InChI is InChI=1S/C18H27N3O3S.HI/c1-3-19-17(21-10-8-18(13-21)9-11-24-14-18)20-12-15-4-6-16(7-5-15)25(2,22)23;/h4-7H,3,8-14H2,1-2H3,(H,19,20);1H. The molecule has 26 heavy (non-hydrogen) atoms. The topological polar surface area (TPSA) is 71.0 Å². The minimum atomic E-state index is -3.15. The van der Waals surface area contributed by atoms with E-state index in [0.717, 1.165) is 57.2 Å². The number of nitrogens with zero attached hydrogens (tertiary/aromatic N) is 2. The number of halogens is 1. The predicted molar refractivity (Wildman–Crippen MR) is 114 cm³/mol. The number of hydrogen-bond donors (Lipinski definition) is 1. The van der Waals surface area contributed by atoms with Gasteiger partial charge < -0.3 is 15.0 Å². The molecule has 146 valence electrons. The Bertz CT molecular complexity index is 729. The van der Waals surface area contributed by atoms with Gasteiger partial charge in [0.1, 0.15) is 0 Å². The Balaban J connectivity index is 0.00000243. The van der Waals surface area contributed by atoms with Gasteiger partial charge in [0.05, 0.1) is 18.0 Å². The van der Waals surface area contributed by atoms with E-state index in [2.05, 4.69) is 17.1 Å². The maximum Gasteiger partial charge on any atom is 0.194 e. The van der Waals surface area contributed by atoms with Gasteiger partial charge in [0, 0.05) is 37.9 Å². The quantitative estimate of drug-likeness (QED) is 0.396. The van der Waals surface area contributed by atoms with Gasteiger partial charge in [-0.2, -0.15) is 0 Å². The molecule has 2 aliphatic rings. The van der Waals surface area contributed by atoms with E-state index < -0.39 is 9.84 Å². The van der Waals surface area contributed by atoms with Gasteiger partial charge in [-0.1, -0.05) is 12.1 Å². The van der Waals surface area contributed by atoms with Crippen molar-refractivity contribution in [3.63, 3.8) is 0 Å². The van der Waals surface area contributed by atoms with Crippen LogP contribution in [0.15, 0.2) is 34.2 Å². The fourth-order valence-electron chi connectivity index (χ4n) is 3.52. The van der Waals surface area contributed by atoms with Crippen LogP contribution in [0.1, 0.15) is 25.3 Å². The zero-order valence-corrected chi connectivity index (χ0v) is 18.5. The van der Waals surface area contributed by atoms with Crippen LogP contribution < -0.4 is 5.32 Å². The van der Waals surface area contributed by atoms with Crippen molar-refractivity contribution in [2.24, 2.45) is 10.4 Å². The minimum Gasteiger partial charge on any atom is -0.381 e. The molecule has 0 bridgehead atoms. The van der Waals surface area contributed by atoms with Crippen molar-refractivity contribution < 1.29 is 13.2 Å². The SMILES string of the molecule is CCNC(=NCc1ccc(S(C)(=O)=O)cc1)N1CCC2(CCOC2)C1.I. The summed E-state index contributed by atoms with van der Waals surface area (Å²) >= 11 is 0. The van der Waals surface area contributed by atoms with Gasteiger partial charge in [0.2, 0.25) is 0 Å². The molecule has 2 aliphatic heterocycles. The van der Waals surface area contributed by atoms with Crippen LogP contribution >= 0.6 is 24.0 Å². The van der Waals surface area contributed by atoms with E-state index in [1.165, 1.54) is 6.26 Å². The first-order chi connectivity index (χ1) is 11.9. The van der Waals surface area contributed by atoms with Crippen LogP contribution in [-0.4, -0.2) is 58.4 Å². The van der Waals surface area contributed by atoms with Crippen LogP contribution in [-0.2, 0) is 21.1 Å². The maximum atomic E-state index is 11.5. The molecule has 2 heterocycles. The number of nitrogens with one attached hydrogen (secondary N) is 1. The molecular formula is C18H28IN3O3S. The van der Waals surface area contributed by atoms with E-state index in [0.29, 0.717) is 16.9 Å². The zero-order valence-electron chi connectivity index (χ0n) is 15.4. The number of guanidine groups is 1. The highest BCUT2D eigenvalue weighted by Crippen LogP contribution is 2.38. The molecule has 0 amide bonds. The van der Waals surface area contributed by atoms with E-state index in [4.69, 9.17) is 9.73 Å². The molecule has 2 fully saturated rings. The second kappa shape index (κ2) is 8.88. The Kier molecular flexibility index (Phi) is 7.32. The smallest absolute Gasteiger partial charge is 0.194 e. The Hall–Kier alpha value is -0.870. The van der Waals surface area contributed by atoms with Crippen LogP contribution in [0, 0.1) is 5.41 Å². The largest absolute Gasteiger partial charge is 0.381 e. The van der Waals surface area contributed by atoms with Gasteiger partial charge in [-0.05, 0) is 37.5 Å². The molecule has 1 unspecified atom stereocenters. The van der Waals surface area contributed by atoms with E-state index >= 15 is 0 Å². The molecule has 1 aromatic carbocycles. The van der Waals surface area contributed by atoms with Crippen LogP contribution in [0.3, 0.4) is 0 Å². The molecule has 0 aromatic heterocycles. The highest BCUT2D eigenvalue weighted by molar-refractivity contribution is 14.0. The Morgan fingerprint density at radius 1 is 1.31 bits per heavy atom. The fourth-order valence-corrected chi connectivity index (χ4v) is 4.15. The van der Waals surface area contributed by atoms with Gasteiger partial charge in [-0.3, -0.25) is 0 Å². The van der Waals surface area contributed by atoms with Crippen molar-refractivity contribution in [2.75, 3.05) is 39.1 Å². The molecule has 2 saturated heterocycles. The number of rotatable bonds is 4. The van der Waals surface area contributed by atoms with Crippen LogP contribution in [0.25, 0.3) is 0 Å². The van der Waals surface area contributed by atoms with Crippen molar-refractivity contribution in [1.82, 2.24) is 10.2 Å². The van der Waals surface area contributed by atoms with Gasteiger partial charge >= 0.3 is 0 Å². The fraction of sp³-hybridized carbons (Fsp3) is 0.611. The summed E-state index contributed by atoms with van der Waals surface area (Å²) in [6.45, 7) is 7.15. The number of sulfone groups is 1. The number of hydrogen-bond acceptors (Lipinski definition) is 4. The first-order valence-electron chi connectivity index (χ1n) is 8.82. The maximum absolute atomic E-state index is 11.5. The van der Waals surface area contributed by atoms with Crippen molar-refractivity contribution in [1.29, 1.82) is 0 Å². The second-order valence-electron chi connectivity index (χ2n) is 7.06. The number of aliphatic imine (C=N–C) groups is 1. The van der Waals surface area contributed by atoms with Crippen molar-refractivity contribution in [3.05, 3.63) is 29.8 Å². The molecule has 0 saturated carbocycles. The Morgan fingerprint density at radius 2 is 2.04 bits per heavy atom. The summed E-state index contributed by atoms with van der Waals surface area (Å²) in [7, 11) is -3.15. The van der Waals surface area contributed by atoms with Crippen molar-refractivity contribution in [3.8, 4) is 0 Å². The van der Waals surface area contributed by atoms with E-state index in [1.54, 1.807) is 12.1 Å². The average molecular weight is 493 g/mol. The first-order valence-corrected chi connectivity index (χ1v) is 10.7. The summed E-state index contributed by atoms with van der Waals surface area (Å²) < 4.78 is 28.7. The summed E-state index contributed by atoms with van der Waals surface area (Å²) in [5, 5.41) is 3.38. The third-order valence-corrected chi connectivity index (χ3v) is 6.15. The molecule has 1 atom stereocenters. The second-order valence-corrected chi connectivity index (χ2v) is 9.08. The van der Waals surface area contributed by atoms with Crippen molar-refractivity contribution >= 4 is 39.8 Å². The third-order valence-electron chi connectivity index (χ3n) is 5.02. The summed E-state index contributed by atoms with van der Waals surface area (Å²) in [4.78, 5) is 7.42. The van der Waals surface area contributed by atoms with Crippen LogP contribution in [0.4, 0.5) is 0 Å². The lowest BCUT2D eigenvalue weighted by molar-refractivity contribution is 0.156. The lowest BCUT2D eigenvalue weighted by Crippen LogP contribution is -2.41. The Labute approximate surface area is 173 Å². The van der Waals surface area contributed by atoms with Gasteiger partial charge in [-0.25, -0.2) is 13.4 Å². The highest BCUT2D eigenvalue weighted by atomic mass is 127. The van der Waals surface area contributed by atoms with E-state index in [1.807, 2.05) is 12.1 Å². The van der Waals surface area contributed by atoms with Gasteiger partial charge in [0.25, 0.3) is 0 Å². The molecule has 8 heteroatoms. The average Bonchev–Trinajstić information content (AvgIpc) is 3.21. The van der Waals surface area contributed by atoms with Gasteiger partial charge in [0.15, 0.2) is 15.8 Å². The normalized spacial score (nSPS) is 23.3. The summed E-state index contributed by atoms with van der Waals surface area (Å²) in [5.74, 6) is 0.929. The number of benzene rings is 1. The Morgan fingerprint density at radius 3 is 2.62 bits per heavy atom. The lowest BCUT2D eigenvalue weighted by Gasteiger charge is -2.25. The first kappa shape index (κ1) is 21.4. The van der Waals surface area contributed by atoms with E-state index in [9.17, 15) is 8.42 Å². The minimum absolute atomic E-state index is 0. The highest BCUT2D eigenvalue weighted by Gasteiger charge is 2.42. The summed E-state index contributed by atoms with van der Waals surface area (Å²) in [6.07, 6.45) is 3.51. The molecular weight excluding hydrogens is 465 g/mol. The monoisotopic (exact) mass is 493 g/mol. The molecule has 3 rings (SSSR count). The molecule has 0 radical (unpaired) electrons. The molecule has 1 N–H and O–H groups in total. The lowest BCUT2D eigenvalue weighted by atomic mass is 9.87. The predicted octanol–water partition coefficient (Wildman–Crippen LogP) is 2.29. The molecule has 6 nitrogen and oxygen atoms in total. The molecule has 1 aromatic rings. The third kappa shape index (κ3) is 5.10. The van der Waals surface area contributed by atoms with Crippen LogP contribution in [0.5, 0.6) is 0 Å². The zero-order chi connectivity index (χ0) is 17.9. The van der Waals surface area contributed by atoms with E-state index in [-0.39, 0.29) is 24.0 Å². The van der Waals surface area contributed by atoms with Gasteiger partial charge in [-0.15, -0.1) is 24.0 Å². The molecule has 1 spiro atoms. The van der Waals surface area contributed by atoms with Crippen molar-refractivity contribution in [2.45, 2.75) is 31.2 Å². The number of likely N-dealkylation sites (tertiary alicyclic amines) is 1. The summed E-state index contributed by atoms with van der Waals surface area (Å²) in [5.41, 5.74) is 1.30. The number of ether oxygens (including phenoxy) is 1. The van der Waals surface area contributed by atoms with Crippen LogP contribution in [0.2, 0.25) is 0 Å².